The van der Waals surface area contributed by atoms with Crippen LogP contribution < -0.4 is 0 Å². The molecule has 0 N–H and O–H groups in total. The molecule has 0 spiro atoms. The Kier molecular flexibility index (Phi) is 1.27. The highest BCUT2D eigenvalue weighted by molar-refractivity contribution is 5.04. The summed E-state index contributed by atoms with van der Waals surface area (Å²) in [6.07, 6.45) is 4.60. The van der Waals surface area contributed by atoms with Gasteiger partial charge >= 0.3 is 0 Å². The van der Waals surface area contributed by atoms with E-state index in [9.17, 15) is 0 Å². The topological polar surface area (TPSA) is 3.24 Å². The Hall–Kier alpha value is -0.0400. The normalized spacial score (nSPS) is 54.5. The van der Waals surface area contributed by atoms with Gasteiger partial charge in [-0.1, -0.05) is 0 Å². The first kappa shape index (κ1) is 7.37. The van der Waals surface area contributed by atoms with Crippen LogP contribution in [-0.2, 0) is 0 Å². The standard InChI is InChI=1S/C11H19N/c1-11(2)10-4-8-3-9(5-10)7-12(11)6-8/h8-10H,3-7H2,1-2H3/t8-,9+,10?. The molecule has 0 aromatic rings. The summed E-state index contributed by atoms with van der Waals surface area (Å²) in [5, 5.41) is 0. The predicted molar refractivity (Wildman–Crippen MR) is 50.0 cm³/mol. The third kappa shape index (κ3) is 0.783. The monoisotopic (exact) mass is 165 g/mol. The summed E-state index contributed by atoms with van der Waals surface area (Å²) in [6, 6.07) is 0. The maximum Gasteiger partial charge on any atom is 0.0181 e. The van der Waals surface area contributed by atoms with Gasteiger partial charge in [0, 0.05) is 18.6 Å². The quantitative estimate of drug-likeness (QED) is 0.531. The molecule has 4 bridgehead atoms. The largest absolute Gasteiger partial charge is 0.297 e. The van der Waals surface area contributed by atoms with Crippen LogP contribution in [0.4, 0.5) is 0 Å². The second-order valence-corrected chi connectivity index (χ2v) is 5.69. The summed E-state index contributed by atoms with van der Waals surface area (Å²) in [4.78, 5) is 2.75. The number of hydrogen-bond donors (Lipinski definition) is 0. The number of rotatable bonds is 0. The fourth-order valence-corrected chi connectivity index (χ4v) is 3.87. The molecule has 4 atom stereocenters. The predicted octanol–water partition coefficient (Wildman–Crippen LogP) is 2.13. The van der Waals surface area contributed by atoms with Gasteiger partial charge in [0.2, 0.25) is 0 Å². The molecule has 3 aliphatic heterocycles. The zero-order chi connectivity index (χ0) is 8.34. The van der Waals surface area contributed by atoms with Crippen LogP contribution in [0.3, 0.4) is 0 Å². The average Bonchev–Trinajstić information content (AvgIpc) is 1.99. The van der Waals surface area contributed by atoms with Crippen molar-refractivity contribution in [1.82, 2.24) is 4.90 Å². The lowest BCUT2D eigenvalue weighted by Gasteiger charge is -2.61. The molecule has 1 heteroatoms. The Labute approximate surface area is 75.1 Å². The van der Waals surface area contributed by atoms with Crippen LogP contribution in [0.25, 0.3) is 0 Å². The van der Waals surface area contributed by atoms with Crippen LogP contribution in [-0.4, -0.2) is 23.5 Å². The second kappa shape index (κ2) is 2.06. The fraction of sp³-hybridized carbons (Fsp3) is 1.00. The van der Waals surface area contributed by atoms with Crippen LogP contribution in [0.2, 0.25) is 0 Å². The van der Waals surface area contributed by atoms with Crippen molar-refractivity contribution in [3.8, 4) is 0 Å². The van der Waals surface area contributed by atoms with Gasteiger partial charge in [0.1, 0.15) is 0 Å². The van der Waals surface area contributed by atoms with Crippen molar-refractivity contribution in [2.75, 3.05) is 13.1 Å². The Bertz CT molecular complexity index is 177. The minimum absolute atomic E-state index is 0.535. The van der Waals surface area contributed by atoms with Gasteiger partial charge in [-0.2, -0.15) is 0 Å². The molecule has 4 aliphatic rings. The molecule has 1 saturated carbocycles. The zero-order valence-corrected chi connectivity index (χ0v) is 8.21. The first-order valence-corrected chi connectivity index (χ1v) is 5.41. The van der Waals surface area contributed by atoms with Crippen molar-refractivity contribution < 1.29 is 0 Å². The molecule has 0 aromatic heterocycles. The van der Waals surface area contributed by atoms with E-state index in [4.69, 9.17) is 0 Å². The summed E-state index contributed by atoms with van der Waals surface area (Å²) >= 11 is 0. The van der Waals surface area contributed by atoms with Gasteiger partial charge in [-0.3, -0.25) is 4.90 Å². The van der Waals surface area contributed by atoms with Crippen molar-refractivity contribution in [3.05, 3.63) is 0 Å². The molecule has 4 fully saturated rings. The van der Waals surface area contributed by atoms with Crippen molar-refractivity contribution in [2.24, 2.45) is 17.8 Å². The zero-order valence-electron chi connectivity index (χ0n) is 8.21. The minimum atomic E-state index is 0.535. The lowest BCUT2D eigenvalue weighted by atomic mass is 9.60. The second-order valence-electron chi connectivity index (χ2n) is 5.69. The lowest BCUT2D eigenvalue weighted by Crippen LogP contribution is -2.64. The van der Waals surface area contributed by atoms with Crippen LogP contribution in [0.15, 0.2) is 0 Å². The molecule has 3 saturated heterocycles. The van der Waals surface area contributed by atoms with E-state index in [2.05, 4.69) is 18.7 Å². The molecule has 1 aliphatic carbocycles. The van der Waals surface area contributed by atoms with Crippen molar-refractivity contribution in [2.45, 2.75) is 38.6 Å². The van der Waals surface area contributed by atoms with E-state index in [-0.39, 0.29) is 0 Å². The van der Waals surface area contributed by atoms with Gasteiger partial charge in [-0.15, -0.1) is 0 Å². The molecule has 2 unspecified atom stereocenters. The van der Waals surface area contributed by atoms with Crippen molar-refractivity contribution in [1.29, 1.82) is 0 Å². The Balaban J connectivity index is 1.96. The number of piperidine rings is 3. The first-order chi connectivity index (χ1) is 5.66. The molecule has 68 valence electrons. The highest BCUT2D eigenvalue weighted by Crippen LogP contribution is 2.50. The van der Waals surface area contributed by atoms with E-state index in [1.165, 1.54) is 25.9 Å². The van der Waals surface area contributed by atoms with E-state index >= 15 is 0 Å². The van der Waals surface area contributed by atoms with Gasteiger partial charge in [0.25, 0.3) is 0 Å². The molecule has 0 aromatic carbocycles. The van der Waals surface area contributed by atoms with E-state index in [0.717, 1.165) is 17.8 Å². The highest BCUT2D eigenvalue weighted by Gasteiger charge is 2.50. The molecule has 1 nitrogen and oxygen atoms in total. The van der Waals surface area contributed by atoms with Crippen LogP contribution >= 0.6 is 0 Å². The first-order valence-electron chi connectivity index (χ1n) is 5.41. The molecule has 0 amide bonds. The smallest absolute Gasteiger partial charge is 0.0181 e. The van der Waals surface area contributed by atoms with Gasteiger partial charge in [-0.25, -0.2) is 0 Å². The van der Waals surface area contributed by atoms with Crippen molar-refractivity contribution in [3.63, 3.8) is 0 Å². The summed E-state index contributed by atoms with van der Waals surface area (Å²) in [7, 11) is 0. The van der Waals surface area contributed by atoms with E-state index in [1.807, 2.05) is 0 Å². The van der Waals surface area contributed by atoms with Gasteiger partial charge in [0.15, 0.2) is 0 Å². The van der Waals surface area contributed by atoms with Gasteiger partial charge in [0.05, 0.1) is 0 Å². The SMILES string of the molecule is CC1(C)C2C[C@@H]3C[C@H](C2)CN1C3. The summed E-state index contributed by atoms with van der Waals surface area (Å²) in [5.41, 5.74) is 0.535. The molecular formula is C11H19N. The maximum atomic E-state index is 2.75. The number of hydrogen-bond acceptors (Lipinski definition) is 1. The van der Waals surface area contributed by atoms with Crippen LogP contribution in [0, 0.1) is 17.8 Å². The molecule has 3 heterocycles. The van der Waals surface area contributed by atoms with Crippen molar-refractivity contribution >= 4 is 0 Å². The summed E-state index contributed by atoms with van der Waals surface area (Å²) < 4.78 is 0. The van der Waals surface area contributed by atoms with Gasteiger partial charge < -0.3 is 0 Å². The third-order valence-corrected chi connectivity index (χ3v) is 4.67. The summed E-state index contributed by atoms with van der Waals surface area (Å²) in [6.45, 7) is 7.71. The molecule has 0 radical (unpaired) electrons. The molecule has 4 rings (SSSR count). The van der Waals surface area contributed by atoms with Crippen LogP contribution in [0.5, 0.6) is 0 Å². The number of nitrogens with zero attached hydrogens (tertiary/aromatic N) is 1. The summed E-state index contributed by atoms with van der Waals surface area (Å²) in [5.74, 6) is 3.15. The van der Waals surface area contributed by atoms with E-state index in [0.29, 0.717) is 5.54 Å². The van der Waals surface area contributed by atoms with E-state index in [1.54, 1.807) is 6.42 Å². The average molecular weight is 165 g/mol. The Morgan fingerprint density at radius 1 is 1.00 bits per heavy atom. The lowest BCUT2D eigenvalue weighted by molar-refractivity contribution is -0.109. The fourth-order valence-electron chi connectivity index (χ4n) is 3.87. The molecule has 12 heavy (non-hydrogen) atoms. The van der Waals surface area contributed by atoms with Crippen LogP contribution in [0.1, 0.15) is 33.1 Å². The van der Waals surface area contributed by atoms with E-state index < -0.39 is 0 Å². The Morgan fingerprint density at radius 2 is 1.58 bits per heavy atom. The van der Waals surface area contributed by atoms with Gasteiger partial charge in [-0.05, 0) is 50.9 Å². The highest BCUT2D eigenvalue weighted by atomic mass is 15.2. The Morgan fingerprint density at radius 3 is 2.08 bits per heavy atom. The third-order valence-electron chi connectivity index (χ3n) is 4.67. The molecular weight excluding hydrogens is 146 g/mol. The maximum absolute atomic E-state index is 2.75. The minimum Gasteiger partial charge on any atom is -0.297 e.